The number of rotatable bonds is 6. The van der Waals surface area contributed by atoms with Crippen molar-refractivity contribution >= 4 is 5.91 Å². The fourth-order valence-electron chi connectivity index (χ4n) is 1.61. The molecule has 2 N–H and O–H groups in total. The second-order valence-corrected chi connectivity index (χ2v) is 5.04. The monoisotopic (exact) mass is 249 g/mol. The molecule has 0 radical (unpaired) electrons. The molecule has 0 spiro atoms. The summed E-state index contributed by atoms with van der Waals surface area (Å²) < 4.78 is 0. The van der Waals surface area contributed by atoms with E-state index in [-0.39, 0.29) is 11.9 Å². The first kappa shape index (κ1) is 14.6. The van der Waals surface area contributed by atoms with Crippen LogP contribution < -0.4 is 5.73 Å². The van der Waals surface area contributed by atoms with Crippen LogP contribution >= 0.6 is 0 Å². The van der Waals surface area contributed by atoms with E-state index in [9.17, 15) is 4.79 Å². The average molecular weight is 249 g/mol. The van der Waals surface area contributed by atoms with Gasteiger partial charge in [-0.25, -0.2) is 0 Å². The molecule has 0 bridgehead atoms. The molecule has 1 heterocycles. The lowest BCUT2D eigenvalue weighted by Gasteiger charge is -2.21. The van der Waals surface area contributed by atoms with E-state index in [0.717, 1.165) is 12.0 Å². The maximum atomic E-state index is 12.0. The molecule has 1 amide bonds. The number of aromatic nitrogens is 1. The SMILES string of the molecule is CC(C)C(N)CCN(C)C(=O)Cc1ccncc1. The minimum atomic E-state index is 0.122. The quantitative estimate of drug-likeness (QED) is 0.830. The molecule has 0 saturated heterocycles. The Labute approximate surface area is 109 Å². The maximum absolute atomic E-state index is 12.0. The van der Waals surface area contributed by atoms with Gasteiger partial charge in [-0.1, -0.05) is 13.8 Å². The molecule has 0 aliphatic heterocycles. The summed E-state index contributed by atoms with van der Waals surface area (Å²) >= 11 is 0. The fourth-order valence-corrected chi connectivity index (χ4v) is 1.61. The zero-order valence-electron chi connectivity index (χ0n) is 11.5. The summed E-state index contributed by atoms with van der Waals surface area (Å²) in [6, 6.07) is 3.89. The number of hydrogen-bond donors (Lipinski definition) is 1. The van der Waals surface area contributed by atoms with Crippen molar-refractivity contribution in [3.05, 3.63) is 30.1 Å². The average Bonchev–Trinajstić information content (AvgIpc) is 2.36. The molecule has 0 aliphatic carbocycles. The van der Waals surface area contributed by atoms with Gasteiger partial charge in [-0.05, 0) is 30.0 Å². The minimum Gasteiger partial charge on any atom is -0.345 e. The number of nitrogens with two attached hydrogens (primary N) is 1. The van der Waals surface area contributed by atoms with Crippen molar-refractivity contribution in [3.8, 4) is 0 Å². The molecule has 18 heavy (non-hydrogen) atoms. The van der Waals surface area contributed by atoms with Crippen molar-refractivity contribution in [2.24, 2.45) is 11.7 Å². The predicted molar refractivity (Wildman–Crippen MR) is 73.0 cm³/mol. The molecular formula is C14H23N3O. The topological polar surface area (TPSA) is 59.2 Å². The second-order valence-electron chi connectivity index (χ2n) is 5.04. The highest BCUT2D eigenvalue weighted by molar-refractivity contribution is 5.78. The van der Waals surface area contributed by atoms with Crippen LogP contribution in [0.4, 0.5) is 0 Å². The maximum Gasteiger partial charge on any atom is 0.226 e. The summed E-state index contributed by atoms with van der Waals surface area (Å²) in [5.41, 5.74) is 6.97. The number of carbonyl (C=O) groups excluding carboxylic acids is 1. The zero-order valence-corrected chi connectivity index (χ0v) is 11.5. The van der Waals surface area contributed by atoms with E-state index in [2.05, 4.69) is 18.8 Å². The molecule has 0 saturated carbocycles. The summed E-state index contributed by atoms with van der Waals surface area (Å²) in [7, 11) is 1.83. The van der Waals surface area contributed by atoms with Gasteiger partial charge in [0.25, 0.3) is 0 Å². The summed E-state index contributed by atoms with van der Waals surface area (Å²) in [5, 5.41) is 0. The van der Waals surface area contributed by atoms with Gasteiger partial charge in [-0.15, -0.1) is 0 Å². The summed E-state index contributed by atoms with van der Waals surface area (Å²) in [4.78, 5) is 17.6. The van der Waals surface area contributed by atoms with E-state index in [1.807, 2.05) is 19.2 Å². The van der Waals surface area contributed by atoms with Gasteiger partial charge in [0.05, 0.1) is 6.42 Å². The van der Waals surface area contributed by atoms with Crippen LogP contribution in [-0.4, -0.2) is 35.4 Å². The van der Waals surface area contributed by atoms with E-state index in [4.69, 9.17) is 5.73 Å². The summed E-state index contributed by atoms with van der Waals surface area (Å²) in [6.07, 6.45) is 4.68. The summed E-state index contributed by atoms with van der Waals surface area (Å²) in [5.74, 6) is 0.575. The van der Waals surface area contributed by atoms with E-state index in [1.165, 1.54) is 0 Å². The van der Waals surface area contributed by atoms with Gasteiger partial charge in [0.1, 0.15) is 0 Å². The Morgan fingerprint density at radius 1 is 1.39 bits per heavy atom. The van der Waals surface area contributed by atoms with Crippen molar-refractivity contribution in [2.45, 2.75) is 32.7 Å². The van der Waals surface area contributed by atoms with E-state index in [1.54, 1.807) is 17.3 Å². The third-order valence-electron chi connectivity index (χ3n) is 3.18. The van der Waals surface area contributed by atoms with Crippen molar-refractivity contribution in [3.63, 3.8) is 0 Å². The number of hydrogen-bond acceptors (Lipinski definition) is 3. The van der Waals surface area contributed by atoms with Crippen molar-refractivity contribution < 1.29 is 4.79 Å². The van der Waals surface area contributed by atoms with Crippen LogP contribution in [0.5, 0.6) is 0 Å². The molecule has 4 heteroatoms. The van der Waals surface area contributed by atoms with E-state index in [0.29, 0.717) is 18.9 Å². The van der Waals surface area contributed by atoms with E-state index >= 15 is 0 Å². The van der Waals surface area contributed by atoms with Gasteiger partial charge in [0, 0.05) is 32.0 Å². The Morgan fingerprint density at radius 3 is 2.56 bits per heavy atom. The molecule has 1 unspecified atom stereocenters. The molecule has 1 aromatic rings. The lowest BCUT2D eigenvalue weighted by atomic mass is 10.0. The Hall–Kier alpha value is -1.42. The van der Waals surface area contributed by atoms with Crippen molar-refractivity contribution in [2.75, 3.05) is 13.6 Å². The minimum absolute atomic E-state index is 0.122. The predicted octanol–water partition coefficient (Wildman–Crippen LogP) is 1.46. The normalized spacial score (nSPS) is 12.5. The van der Waals surface area contributed by atoms with Crippen LogP contribution in [0, 0.1) is 5.92 Å². The van der Waals surface area contributed by atoms with Crippen LogP contribution in [0.25, 0.3) is 0 Å². The first-order chi connectivity index (χ1) is 8.50. The first-order valence-corrected chi connectivity index (χ1v) is 6.39. The van der Waals surface area contributed by atoms with Crippen LogP contribution in [0.3, 0.4) is 0 Å². The lowest BCUT2D eigenvalue weighted by Crippen LogP contribution is -2.35. The fraction of sp³-hybridized carbons (Fsp3) is 0.571. The van der Waals surface area contributed by atoms with Gasteiger partial charge in [0.15, 0.2) is 0 Å². The van der Waals surface area contributed by atoms with Crippen LogP contribution in [-0.2, 0) is 11.2 Å². The number of nitrogens with zero attached hydrogens (tertiary/aromatic N) is 2. The Kier molecular flexibility index (Phi) is 5.78. The number of carbonyl (C=O) groups is 1. The van der Waals surface area contributed by atoms with Gasteiger partial charge in [0.2, 0.25) is 5.91 Å². The van der Waals surface area contributed by atoms with Gasteiger partial charge < -0.3 is 10.6 Å². The third-order valence-corrected chi connectivity index (χ3v) is 3.18. The number of likely N-dealkylation sites (N-methyl/N-ethyl adjacent to an activating group) is 1. The molecule has 0 aromatic carbocycles. The van der Waals surface area contributed by atoms with Crippen LogP contribution in [0.15, 0.2) is 24.5 Å². The van der Waals surface area contributed by atoms with Gasteiger partial charge >= 0.3 is 0 Å². The standard InChI is InChI=1S/C14H23N3O/c1-11(2)13(15)6-9-17(3)14(18)10-12-4-7-16-8-5-12/h4-5,7-8,11,13H,6,9-10,15H2,1-3H3. The smallest absolute Gasteiger partial charge is 0.226 e. The number of amides is 1. The molecule has 1 aromatic heterocycles. The second kappa shape index (κ2) is 7.11. The van der Waals surface area contributed by atoms with E-state index < -0.39 is 0 Å². The molecule has 100 valence electrons. The third kappa shape index (κ3) is 4.84. The highest BCUT2D eigenvalue weighted by Gasteiger charge is 2.13. The summed E-state index contributed by atoms with van der Waals surface area (Å²) in [6.45, 7) is 4.91. The molecule has 0 aliphatic rings. The Balaban J connectivity index is 2.38. The van der Waals surface area contributed by atoms with Crippen LogP contribution in [0.1, 0.15) is 25.8 Å². The van der Waals surface area contributed by atoms with Crippen LogP contribution in [0.2, 0.25) is 0 Å². The van der Waals surface area contributed by atoms with Gasteiger partial charge in [-0.2, -0.15) is 0 Å². The molecule has 0 fully saturated rings. The first-order valence-electron chi connectivity index (χ1n) is 6.39. The highest BCUT2D eigenvalue weighted by atomic mass is 16.2. The van der Waals surface area contributed by atoms with Crippen molar-refractivity contribution in [1.29, 1.82) is 0 Å². The Bertz CT molecular complexity index is 365. The number of pyridine rings is 1. The highest BCUT2D eigenvalue weighted by Crippen LogP contribution is 2.05. The lowest BCUT2D eigenvalue weighted by molar-refractivity contribution is -0.129. The molecular weight excluding hydrogens is 226 g/mol. The molecule has 1 atom stereocenters. The Morgan fingerprint density at radius 2 is 2.00 bits per heavy atom. The van der Waals surface area contributed by atoms with Gasteiger partial charge in [-0.3, -0.25) is 9.78 Å². The molecule has 4 nitrogen and oxygen atoms in total. The van der Waals surface area contributed by atoms with Crippen molar-refractivity contribution in [1.82, 2.24) is 9.88 Å². The largest absolute Gasteiger partial charge is 0.345 e. The zero-order chi connectivity index (χ0) is 13.5. The molecule has 1 rings (SSSR count).